The first-order valence-corrected chi connectivity index (χ1v) is 8.74. The highest BCUT2D eigenvalue weighted by molar-refractivity contribution is 6.03. The van der Waals surface area contributed by atoms with Crippen molar-refractivity contribution >= 4 is 34.1 Å². The van der Waals surface area contributed by atoms with Crippen LogP contribution in [0.1, 0.15) is 6.92 Å². The smallest absolute Gasteiger partial charge is 0.241 e. The van der Waals surface area contributed by atoms with Gasteiger partial charge < -0.3 is 10.6 Å². The van der Waals surface area contributed by atoms with Gasteiger partial charge in [-0.2, -0.15) is 0 Å². The van der Waals surface area contributed by atoms with Gasteiger partial charge in [0.25, 0.3) is 0 Å². The van der Waals surface area contributed by atoms with E-state index in [9.17, 15) is 9.59 Å². The Morgan fingerprint density at radius 1 is 1.00 bits per heavy atom. The van der Waals surface area contributed by atoms with Gasteiger partial charge in [0.15, 0.2) is 0 Å². The molecule has 0 bridgehead atoms. The average Bonchev–Trinajstić information content (AvgIpc) is 2.68. The van der Waals surface area contributed by atoms with Gasteiger partial charge in [0.2, 0.25) is 11.8 Å². The number of aromatic nitrogens is 1. The Morgan fingerprint density at radius 3 is 2.56 bits per heavy atom. The van der Waals surface area contributed by atoms with Crippen molar-refractivity contribution in [2.45, 2.75) is 13.0 Å². The number of hydrogen-bond donors (Lipinski definition) is 2. The number of carbonyl (C=O) groups excluding carboxylic acids is 2. The molecule has 1 atom stereocenters. The third-order valence-corrected chi connectivity index (χ3v) is 4.39. The average molecular weight is 362 g/mol. The molecule has 1 heterocycles. The van der Waals surface area contributed by atoms with Crippen LogP contribution in [0.4, 0.5) is 11.4 Å². The SMILES string of the molecule is CC(C(=O)Nc1cccc2ncccc12)N(C)CC(=O)Nc1ccccc1. The van der Waals surface area contributed by atoms with Crippen molar-refractivity contribution in [1.82, 2.24) is 9.88 Å². The molecule has 3 rings (SSSR count). The molecular formula is C21H22N4O2. The number of likely N-dealkylation sites (N-methyl/N-ethyl adjacent to an activating group) is 1. The van der Waals surface area contributed by atoms with Crippen molar-refractivity contribution in [3.63, 3.8) is 0 Å². The monoisotopic (exact) mass is 362 g/mol. The molecule has 0 saturated carbocycles. The molecule has 27 heavy (non-hydrogen) atoms. The third kappa shape index (κ3) is 4.68. The molecule has 2 N–H and O–H groups in total. The van der Waals surface area contributed by atoms with Gasteiger partial charge in [0.05, 0.1) is 23.8 Å². The molecule has 6 heteroatoms. The highest BCUT2D eigenvalue weighted by Crippen LogP contribution is 2.21. The third-order valence-electron chi connectivity index (χ3n) is 4.39. The van der Waals surface area contributed by atoms with Gasteiger partial charge in [-0.05, 0) is 50.4 Å². The van der Waals surface area contributed by atoms with E-state index < -0.39 is 6.04 Å². The quantitative estimate of drug-likeness (QED) is 0.706. The van der Waals surface area contributed by atoms with Crippen LogP contribution in [0.25, 0.3) is 10.9 Å². The van der Waals surface area contributed by atoms with Crippen LogP contribution < -0.4 is 10.6 Å². The Hall–Kier alpha value is -3.25. The Balaban J connectivity index is 1.61. The number of benzene rings is 2. The molecule has 0 radical (unpaired) electrons. The number of nitrogens with one attached hydrogen (secondary N) is 2. The van der Waals surface area contributed by atoms with E-state index in [1.165, 1.54) is 0 Å². The molecule has 0 aliphatic heterocycles. The number of anilines is 2. The zero-order chi connectivity index (χ0) is 19.2. The van der Waals surface area contributed by atoms with E-state index in [1.807, 2.05) is 60.7 Å². The summed E-state index contributed by atoms with van der Waals surface area (Å²) < 4.78 is 0. The summed E-state index contributed by atoms with van der Waals surface area (Å²) in [7, 11) is 1.75. The van der Waals surface area contributed by atoms with Gasteiger partial charge in [-0.25, -0.2) is 0 Å². The van der Waals surface area contributed by atoms with Crippen LogP contribution in [-0.4, -0.2) is 41.3 Å². The fraction of sp³-hybridized carbons (Fsp3) is 0.190. The summed E-state index contributed by atoms with van der Waals surface area (Å²) in [5.41, 5.74) is 2.26. The van der Waals surface area contributed by atoms with Crippen molar-refractivity contribution in [3.05, 3.63) is 66.9 Å². The second kappa shape index (κ2) is 8.42. The van der Waals surface area contributed by atoms with Crippen LogP contribution in [0.5, 0.6) is 0 Å². The fourth-order valence-corrected chi connectivity index (χ4v) is 2.74. The van der Waals surface area contributed by atoms with E-state index in [0.717, 1.165) is 16.6 Å². The van der Waals surface area contributed by atoms with Crippen LogP contribution in [-0.2, 0) is 9.59 Å². The van der Waals surface area contributed by atoms with E-state index >= 15 is 0 Å². The van der Waals surface area contributed by atoms with Gasteiger partial charge in [-0.3, -0.25) is 19.5 Å². The maximum atomic E-state index is 12.6. The van der Waals surface area contributed by atoms with E-state index in [-0.39, 0.29) is 18.4 Å². The molecule has 0 aliphatic carbocycles. The molecule has 3 aromatic rings. The number of rotatable bonds is 6. The maximum Gasteiger partial charge on any atom is 0.241 e. The largest absolute Gasteiger partial charge is 0.325 e. The molecule has 1 unspecified atom stereocenters. The summed E-state index contributed by atoms with van der Waals surface area (Å²) in [6.45, 7) is 1.88. The summed E-state index contributed by atoms with van der Waals surface area (Å²) in [4.78, 5) is 30.8. The second-order valence-corrected chi connectivity index (χ2v) is 6.37. The minimum absolute atomic E-state index is 0.112. The van der Waals surface area contributed by atoms with E-state index in [0.29, 0.717) is 5.69 Å². The lowest BCUT2D eigenvalue weighted by molar-refractivity contribution is -0.122. The number of amides is 2. The van der Waals surface area contributed by atoms with Crippen LogP contribution in [0.3, 0.4) is 0 Å². The van der Waals surface area contributed by atoms with Gasteiger partial charge >= 0.3 is 0 Å². The van der Waals surface area contributed by atoms with E-state index in [2.05, 4.69) is 15.6 Å². The Morgan fingerprint density at radius 2 is 1.78 bits per heavy atom. The molecule has 6 nitrogen and oxygen atoms in total. The molecule has 138 valence electrons. The summed E-state index contributed by atoms with van der Waals surface area (Å²) in [5, 5.41) is 6.64. The highest BCUT2D eigenvalue weighted by Gasteiger charge is 2.21. The summed E-state index contributed by atoms with van der Waals surface area (Å²) in [6, 6.07) is 18.1. The first-order valence-electron chi connectivity index (χ1n) is 8.74. The lowest BCUT2D eigenvalue weighted by atomic mass is 10.1. The minimum atomic E-state index is -0.474. The van der Waals surface area contributed by atoms with Crippen molar-refractivity contribution in [1.29, 1.82) is 0 Å². The summed E-state index contributed by atoms with van der Waals surface area (Å²) in [5.74, 6) is -0.348. The van der Waals surface area contributed by atoms with Crippen molar-refractivity contribution in [2.75, 3.05) is 24.2 Å². The van der Waals surface area contributed by atoms with Gasteiger partial charge in [0, 0.05) is 17.3 Å². The van der Waals surface area contributed by atoms with Crippen LogP contribution in [0, 0.1) is 0 Å². The molecule has 0 aliphatic rings. The number of pyridine rings is 1. The van der Waals surface area contributed by atoms with Crippen LogP contribution in [0.15, 0.2) is 66.9 Å². The molecule has 0 fully saturated rings. The standard InChI is InChI=1S/C21H22N4O2/c1-15(25(2)14-20(26)23-16-8-4-3-5-9-16)21(27)24-19-12-6-11-18-17(19)10-7-13-22-18/h3-13,15H,14H2,1-2H3,(H,23,26)(H,24,27). The molecule has 0 saturated heterocycles. The first-order chi connectivity index (χ1) is 13.0. The Kier molecular flexibility index (Phi) is 5.78. The van der Waals surface area contributed by atoms with Crippen LogP contribution in [0.2, 0.25) is 0 Å². The normalized spacial score (nSPS) is 12.0. The summed E-state index contributed by atoms with van der Waals surface area (Å²) >= 11 is 0. The molecular weight excluding hydrogens is 340 g/mol. The number of fused-ring (bicyclic) bond motifs is 1. The van der Waals surface area contributed by atoms with Gasteiger partial charge in [-0.1, -0.05) is 24.3 Å². The predicted octanol–water partition coefficient (Wildman–Crippen LogP) is 3.13. The van der Waals surface area contributed by atoms with Gasteiger partial charge in [-0.15, -0.1) is 0 Å². The molecule has 1 aromatic heterocycles. The minimum Gasteiger partial charge on any atom is -0.325 e. The van der Waals surface area contributed by atoms with Crippen LogP contribution >= 0.6 is 0 Å². The number of nitrogens with zero attached hydrogens (tertiary/aromatic N) is 2. The topological polar surface area (TPSA) is 74.3 Å². The second-order valence-electron chi connectivity index (χ2n) is 6.37. The Bertz CT molecular complexity index is 938. The van der Waals surface area contributed by atoms with Gasteiger partial charge in [0.1, 0.15) is 0 Å². The zero-order valence-electron chi connectivity index (χ0n) is 15.3. The lowest BCUT2D eigenvalue weighted by Gasteiger charge is -2.23. The van der Waals surface area contributed by atoms with Crippen molar-refractivity contribution < 1.29 is 9.59 Å². The lowest BCUT2D eigenvalue weighted by Crippen LogP contribution is -2.43. The number of hydrogen-bond acceptors (Lipinski definition) is 4. The zero-order valence-corrected chi connectivity index (χ0v) is 15.3. The Labute approximate surface area is 158 Å². The molecule has 0 spiro atoms. The first kappa shape index (κ1) is 18.5. The van der Waals surface area contributed by atoms with Crippen molar-refractivity contribution in [2.24, 2.45) is 0 Å². The number of carbonyl (C=O) groups is 2. The summed E-state index contributed by atoms with van der Waals surface area (Å²) in [6.07, 6.45) is 1.72. The van der Waals surface area contributed by atoms with E-state index in [4.69, 9.17) is 0 Å². The maximum absolute atomic E-state index is 12.6. The molecule has 2 aromatic carbocycles. The number of para-hydroxylation sites is 1. The van der Waals surface area contributed by atoms with Crippen molar-refractivity contribution in [3.8, 4) is 0 Å². The highest BCUT2D eigenvalue weighted by atomic mass is 16.2. The van der Waals surface area contributed by atoms with E-state index in [1.54, 1.807) is 25.1 Å². The fourth-order valence-electron chi connectivity index (χ4n) is 2.74. The predicted molar refractivity (Wildman–Crippen MR) is 108 cm³/mol. The molecule has 2 amide bonds.